The molecule has 49 heavy (non-hydrogen) atoms. The van der Waals surface area contributed by atoms with E-state index in [1.807, 2.05) is 0 Å². The number of halogens is 6. The fourth-order valence-corrected chi connectivity index (χ4v) is 10.9. The molecule has 0 aliphatic heterocycles. The molecule has 0 aromatic heterocycles. The highest BCUT2D eigenvalue weighted by atomic mass is 35.5. The van der Waals surface area contributed by atoms with Crippen molar-refractivity contribution in [2.75, 3.05) is 0 Å². The van der Waals surface area contributed by atoms with Gasteiger partial charge in [0.15, 0.2) is 0 Å². The molecule has 0 unspecified atom stereocenters. The minimum absolute atomic E-state index is 0.206. The Hall–Kier alpha value is -2.06. The normalized spacial score (nSPS) is 12.9. The SMILES string of the molecule is CC(C)(c1ccc(OS(=O)(=O)c2cc(Cl)c(Cl)c(S(=O)(=O)O)c2Cl)cc1)c1ccc(OS(=O)(=O)c2cc(Cl)c(Cl)c(S(=O)(=O)O)c2Cl)cc1. The highest BCUT2D eigenvalue weighted by Crippen LogP contribution is 2.42. The van der Waals surface area contributed by atoms with Gasteiger partial charge < -0.3 is 8.37 Å². The van der Waals surface area contributed by atoms with E-state index in [2.05, 4.69) is 0 Å². The number of benzene rings is 4. The van der Waals surface area contributed by atoms with Crippen LogP contribution in [0.15, 0.2) is 80.2 Å². The molecule has 0 radical (unpaired) electrons. The van der Waals surface area contributed by atoms with Crippen molar-refractivity contribution in [3.05, 3.63) is 102 Å². The molecule has 0 fully saturated rings. The van der Waals surface area contributed by atoms with E-state index >= 15 is 0 Å². The maximum atomic E-state index is 13.0. The summed E-state index contributed by atoms with van der Waals surface area (Å²) in [6.45, 7) is 3.59. The van der Waals surface area contributed by atoms with Crippen molar-refractivity contribution >= 4 is 110 Å². The Kier molecular flexibility index (Phi) is 11.2. The van der Waals surface area contributed by atoms with Gasteiger partial charge in [0.25, 0.3) is 20.2 Å². The zero-order valence-electron chi connectivity index (χ0n) is 24.2. The average molecular weight is 875 g/mol. The predicted molar refractivity (Wildman–Crippen MR) is 183 cm³/mol. The zero-order valence-corrected chi connectivity index (χ0v) is 32.0. The van der Waals surface area contributed by atoms with Gasteiger partial charge in [0.1, 0.15) is 31.1 Å². The molecule has 0 saturated heterocycles. The summed E-state index contributed by atoms with van der Waals surface area (Å²) >= 11 is 35.3. The van der Waals surface area contributed by atoms with E-state index in [0.29, 0.717) is 11.1 Å². The van der Waals surface area contributed by atoms with Crippen LogP contribution in [0, 0.1) is 0 Å². The molecule has 12 nitrogen and oxygen atoms in total. The summed E-state index contributed by atoms with van der Waals surface area (Å²) in [5, 5.41) is -4.31. The highest BCUT2D eigenvalue weighted by molar-refractivity contribution is 7.88. The van der Waals surface area contributed by atoms with Gasteiger partial charge in [-0.3, -0.25) is 9.11 Å². The minimum Gasteiger partial charge on any atom is -0.379 e. The zero-order chi connectivity index (χ0) is 37.1. The van der Waals surface area contributed by atoms with Crippen molar-refractivity contribution in [1.82, 2.24) is 0 Å². The summed E-state index contributed by atoms with van der Waals surface area (Å²) in [5.74, 6) is -0.413. The minimum atomic E-state index is -5.08. The second kappa shape index (κ2) is 13.8. The molecule has 0 aliphatic rings. The van der Waals surface area contributed by atoms with Gasteiger partial charge in [-0.2, -0.15) is 33.7 Å². The summed E-state index contributed by atoms with van der Waals surface area (Å²) in [5.41, 5.74) is 0.462. The van der Waals surface area contributed by atoms with Gasteiger partial charge in [-0.1, -0.05) is 108 Å². The standard InChI is InChI=1S/C27H18Cl6O12S4/c1-27(2,13-3-7-15(8-4-13)44-48(40,41)19-11-17(28)21(30)25(23(19)32)46(34,35)36)14-5-9-16(10-6-14)45-49(42,43)20-12-18(29)22(31)26(24(20)33)47(37,38)39/h3-12H,1-2H3,(H,34,35,36)(H,37,38,39). The van der Waals surface area contributed by atoms with Gasteiger partial charge in [-0.15, -0.1) is 0 Å². The molecule has 0 amide bonds. The Balaban J connectivity index is 1.58. The largest absolute Gasteiger partial charge is 0.379 e. The van der Waals surface area contributed by atoms with Gasteiger partial charge >= 0.3 is 20.2 Å². The fourth-order valence-electron chi connectivity index (χ4n) is 4.30. The Bertz CT molecular complexity index is 2260. The van der Waals surface area contributed by atoms with Crippen molar-refractivity contribution in [3.63, 3.8) is 0 Å². The van der Waals surface area contributed by atoms with Crippen molar-refractivity contribution in [1.29, 1.82) is 0 Å². The van der Waals surface area contributed by atoms with E-state index in [0.717, 1.165) is 12.1 Å². The van der Waals surface area contributed by atoms with Crippen LogP contribution in [0.4, 0.5) is 0 Å². The van der Waals surface area contributed by atoms with Crippen LogP contribution in [0.25, 0.3) is 0 Å². The van der Waals surface area contributed by atoms with Crippen molar-refractivity contribution in [2.45, 2.75) is 38.8 Å². The highest BCUT2D eigenvalue weighted by Gasteiger charge is 2.33. The molecule has 2 N–H and O–H groups in total. The Morgan fingerprint density at radius 1 is 0.510 bits per heavy atom. The van der Waals surface area contributed by atoms with Crippen LogP contribution < -0.4 is 8.37 Å². The molecule has 0 spiro atoms. The topological polar surface area (TPSA) is 195 Å². The summed E-state index contributed by atoms with van der Waals surface area (Å²) in [6, 6.07) is 12.8. The van der Waals surface area contributed by atoms with Crippen LogP contribution in [0.5, 0.6) is 11.5 Å². The lowest BCUT2D eigenvalue weighted by Gasteiger charge is -2.26. The third kappa shape index (κ3) is 8.21. The van der Waals surface area contributed by atoms with Gasteiger partial charge in [-0.05, 0) is 47.5 Å². The van der Waals surface area contributed by atoms with Crippen molar-refractivity contribution in [2.24, 2.45) is 0 Å². The maximum absolute atomic E-state index is 13.0. The first-order valence-corrected chi connectivity index (χ1v) is 20.7. The van der Waals surface area contributed by atoms with Crippen LogP contribution in [-0.2, 0) is 45.9 Å². The summed E-state index contributed by atoms with van der Waals surface area (Å²) < 4.78 is 128. The molecule has 4 aromatic carbocycles. The number of hydrogen-bond donors (Lipinski definition) is 2. The number of hydrogen-bond acceptors (Lipinski definition) is 10. The lowest BCUT2D eigenvalue weighted by molar-refractivity contribution is 0.478. The van der Waals surface area contributed by atoms with Crippen LogP contribution in [-0.4, -0.2) is 42.8 Å². The Labute approximate surface area is 311 Å². The predicted octanol–water partition coefficient (Wildman–Crippen LogP) is 7.96. The molecule has 0 saturated carbocycles. The lowest BCUT2D eigenvalue weighted by atomic mass is 9.78. The molecule has 0 heterocycles. The van der Waals surface area contributed by atoms with E-state index in [-0.39, 0.29) is 11.5 Å². The van der Waals surface area contributed by atoms with Crippen LogP contribution in [0.3, 0.4) is 0 Å². The summed E-state index contributed by atoms with van der Waals surface area (Å²) in [6.07, 6.45) is 0. The lowest BCUT2D eigenvalue weighted by Crippen LogP contribution is -2.19. The van der Waals surface area contributed by atoms with Gasteiger partial charge in [0.05, 0.1) is 30.1 Å². The van der Waals surface area contributed by atoms with Crippen molar-refractivity contribution < 1.29 is 51.1 Å². The van der Waals surface area contributed by atoms with E-state index in [9.17, 15) is 42.8 Å². The molecule has 0 aliphatic carbocycles. The first-order valence-electron chi connectivity index (χ1n) is 12.7. The Morgan fingerprint density at radius 2 is 0.796 bits per heavy atom. The van der Waals surface area contributed by atoms with E-state index in [1.165, 1.54) is 48.5 Å². The van der Waals surface area contributed by atoms with Crippen LogP contribution in [0.1, 0.15) is 25.0 Å². The van der Waals surface area contributed by atoms with Gasteiger partial charge in [0.2, 0.25) is 0 Å². The molecular formula is C27H18Cl6O12S4. The second-order valence-electron chi connectivity index (χ2n) is 10.3. The Morgan fingerprint density at radius 3 is 1.06 bits per heavy atom. The van der Waals surface area contributed by atoms with Crippen LogP contribution >= 0.6 is 69.6 Å². The smallest absolute Gasteiger partial charge is 0.340 e. The first kappa shape index (κ1) is 39.7. The van der Waals surface area contributed by atoms with Crippen LogP contribution in [0.2, 0.25) is 30.1 Å². The molecule has 0 atom stereocenters. The van der Waals surface area contributed by atoms with E-state index in [1.54, 1.807) is 13.8 Å². The molecular weight excluding hydrogens is 857 g/mol. The first-order chi connectivity index (χ1) is 22.3. The third-order valence-electron chi connectivity index (χ3n) is 6.78. The van der Waals surface area contributed by atoms with Gasteiger partial charge in [-0.25, -0.2) is 0 Å². The molecule has 264 valence electrons. The molecule has 22 heteroatoms. The van der Waals surface area contributed by atoms with E-state index < -0.39 is 95.6 Å². The molecule has 0 bridgehead atoms. The third-order valence-corrected chi connectivity index (χ3v) is 14.2. The van der Waals surface area contributed by atoms with Crippen molar-refractivity contribution in [3.8, 4) is 11.5 Å². The average Bonchev–Trinajstić information content (AvgIpc) is 2.95. The summed E-state index contributed by atoms with van der Waals surface area (Å²) in [4.78, 5) is -3.96. The van der Waals surface area contributed by atoms with Gasteiger partial charge in [0, 0.05) is 5.41 Å². The maximum Gasteiger partial charge on any atom is 0.340 e. The quantitative estimate of drug-likeness (QED) is 0.0888. The number of rotatable bonds is 10. The monoisotopic (exact) mass is 872 g/mol. The summed E-state index contributed by atoms with van der Waals surface area (Å²) in [7, 11) is -19.8. The fraction of sp³-hybridized carbons (Fsp3) is 0.111. The second-order valence-corrected chi connectivity index (χ2v) is 18.4. The van der Waals surface area contributed by atoms with E-state index in [4.69, 9.17) is 78.0 Å². The molecule has 4 rings (SSSR count). The molecule has 4 aromatic rings.